The molecule has 3 heterocycles. The topological polar surface area (TPSA) is 43.2 Å². The van der Waals surface area contributed by atoms with Crippen molar-refractivity contribution in [2.24, 2.45) is 7.05 Å². The Balaban J connectivity index is 1.76. The van der Waals surface area contributed by atoms with Crippen LogP contribution in [0.15, 0.2) is 36.8 Å². The molecule has 0 radical (unpaired) electrons. The van der Waals surface area contributed by atoms with E-state index < -0.39 is 0 Å². The molecule has 0 amide bonds. The van der Waals surface area contributed by atoms with E-state index in [9.17, 15) is 0 Å². The van der Waals surface area contributed by atoms with E-state index in [1.54, 1.807) is 4.68 Å². The molecule has 3 rings (SSSR count). The summed E-state index contributed by atoms with van der Waals surface area (Å²) in [5.41, 5.74) is 1.12. The summed E-state index contributed by atoms with van der Waals surface area (Å²) in [5.74, 6) is 1.01. The fourth-order valence-corrected chi connectivity index (χ4v) is 2.21. The molecule has 0 aromatic carbocycles. The molecule has 1 aliphatic rings. The average molecular weight is 244 g/mol. The van der Waals surface area contributed by atoms with Gasteiger partial charge >= 0.3 is 0 Å². The highest BCUT2D eigenvalue weighted by molar-refractivity contribution is 5.38. The molecule has 0 unspecified atom stereocenters. The maximum absolute atomic E-state index is 5.81. The monoisotopic (exact) mass is 244 g/mol. The Labute approximate surface area is 106 Å². The van der Waals surface area contributed by atoms with Crippen LogP contribution in [0.4, 0.5) is 5.82 Å². The van der Waals surface area contributed by atoms with Crippen LogP contribution in [0.3, 0.4) is 0 Å². The summed E-state index contributed by atoms with van der Waals surface area (Å²) in [4.78, 5) is 6.64. The third-order valence-electron chi connectivity index (χ3n) is 3.14. The Bertz CT molecular complexity index is 511. The highest BCUT2D eigenvalue weighted by Gasteiger charge is 2.23. The van der Waals surface area contributed by atoms with Gasteiger partial charge in [0.05, 0.1) is 12.8 Å². The summed E-state index contributed by atoms with van der Waals surface area (Å²) in [6, 6.07) is 5.98. The molecule has 2 aromatic rings. The molecule has 0 spiro atoms. The van der Waals surface area contributed by atoms with Crippen molar-refractivity contribution in [1.82, 2.24) is 14.8 Å². The Morgan fingerprint density at radius 1 is 1.39 bits per heavy atom. The van der Waals surface area contributed by atoms with Crippen molar-refractivity contribution in [3.05, 3.63) is 42.4 Å². The Morgan fingerprint density at radius 2 is 2.33 bits per heavy atom. The fraction of sp³-hybridized carbons (Fsp3) is 0.385. The van der Waals surface area contributed by atoms with Crippen LogP contribution in [-0.4, -0.2) is 34.5 Å². The van der Waals surface area contributed by atoms with Gasteiger partial charge in [0.25, 0.3) is 0 Å². The van der Waals surface area contributed by atoms with E-state index in [1.807, 2.05) is 43.8 Å². The summed E-state index contributed by atoms with van der Waals surface area (Å²) in [7, 11) is 1.92. The molecule has 0 aliphatic carbocycles. The Hall–Kier alpha value is -1.88. The second-order valence-electron chi connectivity index (χ2n) is 4.44. The average Bonchev–Trinajstić information content (AvgIpc) is 2.87. The molecule has 5 heteroatoms. The first-order chi connectivity index (χ1) is 8.83. The normalized spacial score (nSPS) is 20.1. The van der Waals surface area contributed by atoms with Gasteiger partial charge < -0.3 is 9.64 Å². The summed E-state index contributed by atoms with van der Waals surface area (Å²) in [6.07, 6.45) is 5.78. The molecule has 18 heavy (non-hydrogen) atoms. The molecule has 1 atom stereocenters. The van der Waals surface area contributed by atoms with Crippen LogP contribution in [-0.2, 0) is 11.8 Å². The molecule has 94 valence electrons. The number of ether oxygens (including phenoxy) is 1. The minimum atomic E-state index is 0.0782. The van der Waals surface area contributed by atoms with Crippen LogP contribution >= 0.6 is 0 Å². The van der Waals surface area contributed by atoms with Gasteiger partial charge in [-0.3, -0.25) is 4.68 Å². The van der Waals surface area contributed by atoms with Gasteiger partial charge in [0, 0.05) is 38.1 Å². The predicted molar refractivity (Wildman–Crippen MR) is 68.4 cm³/mol. The molecule has 0 saturated carbocycles. The van der Waals surface area contributed by atoms with Crippen molar-refractivity contribution >= 4 is 5.82 Å². The second-order valence-corrected chi connectivity index (χ2v) is 4.44. The lowest BCUT2D eigenvalue weighted by Gasteiger charge is -2.33. The number of rotatable bonds is 2. The highest BCUT2D eigenvalue weighted by Crippen LogP contribution is 2.24. The van der Waals surface area contributed by atoms with E-state index in [4.69, 9.17) is 4.74 Å². The van der Waals surface area contributed by atoms with E-state index in [0.717, 1.165) is 31.1 Å². The number of nitrogens with zero attached hydrogens (tertiary/aromatic N) is 4. The van der Waals surface area contributed by atoms with Crippen LogP contribution in [0.2, 0.25) is 0 Å². The molecule has 0 N–H and O–H groups in total. The van der Waals surface area contributed by atoms with Crippen molar-refractivity contribution in [3.8, 4) is 0 Å². The third kappa shape index (κ3) is 2.22. The van der Waals surface area contributed by atoms with Crippen LogP contribution < -0.4 is 4.90 Å². The van der Waals surface area contributed by atoms with E-state index in [2.05, 4.69) is 15.0 Å². The maximum Gasteiger partial charge on any atom is 0.128 e. The van der Waals surface area contributed by atoms with Crippen molar-refractivity contribution in [1.29, 1.82) is 0 Å². The Kier molecular flexibility index (Phi) is 2.98. The van der Waals surface area contributed by atoms with Crippen molar-refractivity contribution in [2.45, 2.75) is 6.10 Å². The van der Waals surface area contributed by atoms with Gasteiger partial charge in [0.15, 0.2) is 0 Å². The summed E-state index contributed by atoms with van der Waals surface area (Å²) < 4.78 is 7.61. The number of pyridine rings is 1. The molecular weight excluding hydrogens is 228 g/mol. The van der Waals surface area contributed by atoms with Gasteiger partial charge in [-0.2, -0.15) is 5.10 Å². The van der Waals surface area contributed by atoms with Gasteiger partial charge in [-0.15, -0.1) is 0 Å². The smallest absolute Gasteiger partial charge is 0.128 e. The first-order valence-corrected chi connectivity index (χ1v) is 6.09. The van der Waals surface area contributed by atoms with Gasteiger partial charge in [0.1, 0.15) is 11.9 Å². The highest BCUT2D eigenvalue weighted by atomic mass is 16.5. The predicted octanol–water partition coefficient (Wildman–Crippen LogP) is 1.39. The number of aromatic nitrogens is 3. The quantitative estimate of drug-likeness (QED) is 0.800. The van der Waals surface area contributed by atoms with E-state index in [-0.39, 0.29) is 6.10 Å². The lowest BCUT2D eigenvalue weighted by Crippen LogP contribution is -2.38. The van der Waals surface area contributed by atoms with Crippen molar-refractivity contribution < 1.29 is 4.74 Å². The zero-order valence-corrected chi connectivity index (χ0v) is 10.4. The second kappa shape index (κ2) is 4.78. The number of hydrogen-bond donors (Lipinski definition) is 0. The number of aryl methyl sites for hydroxylation is 1. The number of hydrogen-bond acceptors (Lipinski definition) is 4. The molecule has 5 nitrogen and oxygen atoms in total. The van der Waals surface area contributed by atoms with Crippen LogP contribution in [0, 0.1) is 0 Å². The minimum Gasteiger partial charge on any atom is -0.370 e. The van der Waals surface area contributed by atoms with Gasteiger partial charge in [0.2, 0.25) is 0 Å². The molecule has 1 fully saturated rings. The SMILES string of the molecule is Cn1cc([C@@H]2CN(c3ccccn3)CCO2)cn1. The fourth-order valence-electron chi connectivity index (χ4n) is 2.21. The summed E-state index contributed by atoms with van der Waals surface area (Å²) >= 11 is 0. The molecule has 2 aromatic heterocycles. The van der Waals surface area contributed by atoms with E-state index in [0.29, 0.717) is 0 Å². The van der Waals surface area contributed by atoms with Gasteiger partial charge in [-0.25, -0.2) is 4.98 Å². The molecule has 1 saturated heterocycles. The molecular formula is C13H16N4O. The van der Waals surface area contributed by atoms with Crippen LogP contribution in [0.25, 0.3) is 0 Å². The van der Waals surface area contributed by atoms with Crippen LogP contribution in [0.5, 0.6) is 0 Å². The lowest BCUT2D eigenvalue weighted by molar-refractivity contribution is 0.0395. The zero-order valence-electron chi connectivity index (χ0n) is 10.4. The standard InChI is InChI=1S/C13H16N4O/c1-16-9-11(8-15-16)12-10-17(6-7-18-12)13-4-2-3-5-14-13/h2-5,8-9,12H,6-7,10H2,1H3/t12-/m0/s1. The van der Waals surface area contributed by atoms with Gasteiger partial charge in [-0.05, 0) is 12.1 Å². The van der Waals surface area contributed by atoms with Crippen molar-refractivity contribution in [2.75, 3.05) is 24.6 Å². The first kappa shape index (κ1) is 11.2. The largest absolute Gasteiger partial charge is 0.370 e. The maximum atomic E-state index is 5.81. The lowest BCUT2D eigenvalue weighted by atomic mass is 10.1. The third-order valence-corrected chi connectivity index (χ3v) is 3.14. The van der Waals surface area contributed by atoms with Crippen LogP contribution in [0.1, 0.15) is 11.7 Å². The molecule has 0 bridgehead atoms. The first-order valence-electron chi connectivity index (χ1n) is 6.09. The van der Waals surface area contributed by atoms with Gasteiger partial charge in [-0.1, -0.05) is 6.07 Å². The van der Waals surface area contributed by atoms with Crippen molar-refractivity contribution in [3.63, 3.8) is 0 Å². The van der Waals surface area contributed by atoms with E-state index >= 15 is 0 Å². The zero-order chi connectivity index (χ0) is 12.4. The van der Waals surface area contributed by atoms with E-state index in [1.165, 1.54) is 0 Å². The molecule has 1 aliphatic heterocycles. The number of anilines is 1. The summed E-state index contributed by atoms with van der Waals surface area (Å²) in [5, 5.41) is 4.19. The minimum absolute atomic E-state index is 0.0782. The number of morpholine rings is 1. The Morgan fingerprint density at radius 3 is 3.06 bits per heavy atom. The summed E-state index contributed by atoms with van der Waals surface area (Å²) in [6.45, 7) is 2.42.